The lowest BCUT2D eigenvalue weighted by atomic mass is 10.00. The summed E-state index contributed by atoms with van der Waals surface area (Å²) in [6.45, 7) is 0.560. The first-order valence-corrected chi connectivity index (χ1v) is 11.9. The van der Waals surface area contributed by atoms with Crippen LogP contribution in [-0.2, 0) is 11.2 Å². The Kier molecular flexibility index (Phi) is 11.9. The number of benzene rings is 2. The maximum Gasteiger partial charge on any atom is 0.254 e. The highest BCUT2D eigenvalue weighted by Crippen LogP contribution is 2.29. The van der Waals surface area contributed by atoms with E-state index in [-0.39, 0.29) is 40.2 Å². The van der Waals surface area contributed by atoms with E-state index < -0.39 is 31.0 Å². The zero-order valence-electron chi connectivity index (χ0n) is 19.5. The van der Waals surface area contributed by atoms with Gasteiger partial charge in [-0.15, -0.1) is 0 Å². The first-order valence-electron chi connectivity index (χ1n) is 11.1. The maximum atomic E-state index is 12.9. The van der Waals surface area contributed by atoms with Gasteiger partial charge in [0, 0.05) is 13.1 Å². The van der Waals surface area contributed by atoms with Crippen molar-refractivity contribution in [1.29, 1.82) is 5.26 Å². The Balaban J connectivity index is 2.05. The zero-order valence-corrected chi connectivity index (χ0v) is 21.0. The number of Topliss-reactive ketones (excluding diaryl/α,β-unsaturated/α-hetero) is 1. The van der Waals surface area contributed by atoms with E-state index in [0.717, 1.165) is 0 Å². The molecule has 6 N–H and O–H groups in total. The highest BCUT2D eigenvalue weighted by Gasteiger charge is 2.23. The molecule has 0 fully saturated rings. The Morgan fingerprint density at radius 2 is 1.86 bits per heavy atom. The Bertz CT molecular complexity index is 1080. The molecule has 194 valence electrons. The van der Waals surface area contributed by atoms with E-state index in [1.807, 2.05) is 0 Å². The zero-order chi connectivity index (χ0) is 26.7. The molecule has 2 aromatic rings. The highest BCUT2D eigenvalue weighted by atomic mass is 35.5. The van der Waals surface area contributed by atoms with Crippen LogP contribution >= 0.6 is 23.2 Å². The molecule has 12 heteroatoms. The number of phenolic OH excluding ortho intramolecular Hbond substituents is 1. The number of carbonyl (C=O) groups excluding carboxylic acids is 2. The summed E-state index contributed by atoms with van der Waals surface area (Å²) in [6, 6.07) is 8.48. The van der Waals surface area contributed by atoms with Crippen molar-refractivity contribution in [3.63, 3.8) is 0 Å². The fourth-order valence-corrected chi connectivity index (χ4v) is 4.09. The predicted octanol–water partition coefficient (Wildman–Crippen LogP) is 2.56. The molecular weight excluding hydrogens is 512 g/mol. The van der Waals surface area contributed by atoms with Gasteiger partial charge in [0.05, 0.1) is 21.7 Å². The second kappa shape index (κ2) is 14.6. The summed E-state index contributed by atoms with van der Waals surface area (Å²) in [5.41, 5.74) is 1.25. The Labute approximate surface area is 218 Å². The number of phenols is 1. The third-order valence-electron chi connectivity index (χ3n) is 5.26. The monoisotopic (exact) mass is 539 g/mol. The lowest BCUT2D eigenvalue weighted by Gasteiger charge is -2.22. The lowest BCUT2D eigenvalue weighted by molar-refractivity contribution is -0.118. The number of nitrogens with zero attached hydrogens (tertiary/aromatic N) is 1. The van der Waals surface area contributed by atoms with Gasteiger partial charge < -0.3 is 15.5 Å². The number of aliphatic hydroxyl groups excluding tert-OH is 1. The molecule has 0 aliphatic heterocycles. The van der Waals surface area contributed by atoms with Gasteiger partial charge in [-0.3, -0.25) is 25.5 Å². The van der Waals surface area contributed by atoms with Gasteiger partial charge in [-0.05, 0) is 55.2 Å². The van der Waals surface area contributed by atoms with Gasteiger partial charge in [-0.1, -0.05) is 35.3 Å². The molecule has 0 spiro atoms. The van der Waals surface area contributed by atoms with Gasteiger partial charge in [0.15, 0.2) is 12.0 Å². The lowest BCUT2D eigenvalue weighted by Crippen LogP contribution is -2.56. The van der Waals surface area contributed by atoms with Crippen molar-refractivity contribution in [2.24, 2.45) is 0 Å². The Morgan fingerprint density at radius 3 is 2.44 bits per heavy atom. The molecule has 0 aliphatic rings. The van der Waals surface area contributed by atoms with Gasteiger partial charge >= 0.3 is 0 Å². The van der Waals surface area contributed by atoms with Crippen LogP contribution in [0.3, 0.4) is 0 Å². The third kappa shape index (κ3) is 8.93. The van der Waals surface area contributed by atoms with Crippen molar-refractivity contribution >= 4 is 34.9 Å². The topological polar surface area (TPSA) is 147 Å². The maximum absolute atomic E-state index is 12.9. The number of hydrogen-bond donors (Lipinski definition) is 6. The molecule has 0 radical (unpaired) electrons. The third-order valence-corrected chi connectivity index (χ3v) is 5.86. The highest BCUT2D eigenvalue weighted by molar-refractivity contribution is 6.39. The first kappa shape index (κ1) is 29.3. The number of halogens is 3. The summed E-state index contributed by atoms with van der Waals surface area (Å²) in [7, 11) is 0. The van der Waals surface area contributed by atoms with Crippen molar-refractivity contribution in [3.8, 4) is 11.9 Å². The van der Waals surface area contributed by atoms with E-state index in [0.29, 0.717) is 24.0 Å². The minimum atomic E-state index is -0.975. The number of aliphatic hydroxyl groups is 1. The number of amides is 1. The van der Waals surface area contributed by atoms with Crippen LogP contribution in [0.5, 0.6) is 5.75 Å². The van der Waals surface area contributed by atoms with Crippen molar-refractivity contribution in [3.05, 3.63) is 63.1 Å². The van der Waals surface area contributed by atoms with Gasteiger partial charge in [-0.25, -0.2) is 4.39 Å². The molecule has 0 aromatic heterocycles. The largest absolute Gasteiger partial charge is 0.508 e. The number of aromatic hydroxyl groups is 1. The minimum Gasteiger partial charge on any atom is -0.508 e. The number of hydrogen-bond acceptors (Lipinski definition) is 8. The SMILES string of the molecule is CC(=O)[C@H](CNC(NC#N)NCCF)NC(=O)c1c(Cl)cc(CCC(O)c2cccc(O)c2)cc1Cl. The van der Waals surface area contributed by atoms with Crippen LogP contribution in [0.15, 0.2) is 36.4 Å². The summed E-state index contributed by atoms with van der Waals surface area (Å²) in [6.07, 6.45) is 0.822. The quantitative estimate of drug-likeness (QED) is 0.122. The van der Waals surface area contributed by atoms with Crippen LogP contribution in [0, 0.1) is 11.5 Å². The normalized spacial score (nSPS) is 13.3. The van der Waals surface area contributed by atoms with Crippen LogP contribution in [0.4, 0.5) is 4.39 Å². The summed E-state index contributed by atoms with van der Waals surface area (Å²) >= 11 is 12.7. The number of aryl methyl sites for hydroxylation is 1. The molecule has 2 unspecified atom stereocenters. The van der Waals surface area contributed by atoms with Gasteiger partial charge in [-0.2, -0.15) is 5.26 Å². The molecule has 9 nitrogen and oxygen atoms in total. The smallest absolute Gasteiger partial charge is 0.254 e. The molecular formula is C24H28Cl2FN5O4. The number of alkyl halides is 1. The predicted molar refractivity (Wildman–Crippen MR) is 134 cm³/mol. The van der Waals surface area contributed by atoms with E-state index in [1.54, 1.807) is 30.5 Å². The minimum absolute atomic E-state index is 0.0101. The number of nitriles is 1. The number of ketones is 1. The second-order valence-electron chi connectivity index (χ2n) is 7.96. The second-order valence-corrected chi connectivity index (χ2v) is 8.78. The number of carbonyl (C=O) groups is 2. The number of rotatable bonds is 14. The van der Waals surface area contributed by atoms with Gasteiger partial charge in [0.25, 0.3) is 5.91 Å². The summed E-state index contributed by atoms with van der Waals surface area (Å²) < 4.78 is 12.4. The van der Waals surface area contributed by atoms with Crippen LogP contribution in [0.25, 0.3) is 0 Å². The van der Waals surface area contributed by atoms with Crippen LogP contribution < -0.4 is 21.3 Å². The van der Waals surface area contributed by atoms with Gasteiger partial charge in [0.2, 0.25) is 0 Å². The van der Waals surface area contributed by atoms with Crippen LogP contribution in [0.1, 0.15) is 40.9 Å². The Morgan fingerprint density at radius 1 is 1.17 bits per heavy atom. The summed E-state index contributed by atoms with van der Waals surface area (Å²) in [5, 5.41) is 39.4. The van der Waals surface area contributed by atoms with Crippen LogP contribution in [-0.4, -0.2) is 54.0 Å². The van der Waals surface area contributed by atoms with Crippen LogP contribution in [0.2, 0.25) is 10.0 Å². The molecule has 1 amide bonds. The molecule has 36 heavy (non-hydrogen) atoms. The molecule has 3 atom stereocenters. The average molecular weight is 540 g/mol. The summed E-state index contributed by atoms with van der Waals surface area (Å²) in [4.78, 5) is 25.0. The van der Waals surface area contributed by atoms with E-state index in [1.165, 1.54) is 19.1 Å². The molecule has 0 bridgehead atoms. The van der Waals surface area contributed by atoms with Crippen molar-refractivity contribution in [2.75, 3.05) is 19.8 Å². The van der Waals surface area contributed by atoms with E-state index in [9.17, 15) is 24.2 Å². The van der Waals surface area contributed by atoms with Crippen molar-refractivity contribution in [1.82, 2.24) is 21.3 Å². The first-order chi connectivity index (χ1) is 17.2. The number of nitrogens with one attached hydrogen (secondary N) is 4. The van der Waals surface area contributed by atoms with Crippen molar-refractivity contribution < 1.29 is 24.2 Å². The van der Waals surface area contributed by atoms with E-state index in [4.69, 9.17) is 28.5 Å². The standard InChI is InChI=1S/C24H28Cl2FN5O4/c1-14(33)20(12-30-24(31-13-28)29-8-7-27)32-23(36)22-18(25)9-15(10-19(22)26)5-6-21(35)16-3-2-4-17(34)11-16/h2-4,9-11,20-21,24,29-31,34-35H,5-8,12H2,1H3,(H,32,36)/t20-,21?,24?/m0/s1. The summed E-state index contributed by atoms with van der Waals surface area (Å²) in [5.74, 6) is -0.971. The Hall–Kier alpha value is -2.94. The fraction of sp³-hybridized carbons (Fsp3) is 0.375. The van der Waals surface area contributed by atoms with Crippen molar-refractivity contribution in [2.45, 2.75) is 38.2 Å². The molecule has 0 saturated carbocycles. The van der Waals surface area contributed by atoms with E-state index in [2.05, 4.69) is 21.3 Å². The fourth-order valence-electron chi connectivity index (χ4n) is 3.39. The van der Waals surface area contributed by atoms with E-state index >= 15 is 0 Å². The van der Waals surface area contributed by atoms with Gasteiger partial charge in [0.1, 0.15) is 24.8 Å². The average Bonchev–Trinajstić information content (AvgIpc) is 2.82. The molecule has 0 saturated heterocycles. The molecule has 2 rings (SSSR count). The molecule has 0 aliphatic carbocycles. The molecule has 0 heterocycles. The molecule has 2 aromatic carbocycles.